The molecule has 1 saturated heterocycles. The first kappa shape index (κ1) is 16.0. The molecule has 0 atom stereocenters. The molecule has 1 aliphatic rings. The highest BCUT2D eigenvalue weighted by molar-refractivity contribution is 5.93. The first-order chi connectivity index (χ1) is 11.6. The first-order valence-electron chi connectivity index (χ1n) is 7.79. The number of nitrogens with two attached hydrogens (primary N) is 1. The van der Waals surface area contributed by atoms with Crippen LogP contribution in [-0.4, -0.2) is 42.1 Å². The van der Waals surface area contributed by atoms with Gasteiger partial charge in [0, 0.05) is 25.1 Å². The Kier molecular flexibility index (Phi) is 4.50. The van der Waals surface area contributed by atoms with E-state index in [4.69, 9.17) is 15.0 Å². The van der Waals surface area contributed by atoms with Crippen molar-refractivity contribution in [1.29, 1.82) is 0 Å². The van der Waals surface area contributed by atoms with E-state index in [-0.39, 0.29) is 23.4 Å². The molecule has 1 fully saturated rings. The standard InChI is InChI=1S/C17H19N3O4/c1-23-14-5-3-2-4-12(14)15-10-13(19-24-15)17(22)20-8-6-11(7-9-20)16(18)21/h2-5,10-11H,6-9H2,1H3,(H2,18,21). The second-order valence-corrected chi connectivity index (χ2v) is 5.75. The van der Waals surface area contributed by atoms with Gasteiger partial charge in [-0.15, -0.1) is 0 Å². The summed E-state index contributed by atoms with van der Waals surface area (Å²) in [4.78, 5) is 25.4. The predicted octanol–water partition coefficient (Wildman–Crippen LogP) is 1.69. The lowest BCUT2D eigenvalue weighted by Crippen LogP contribution is -2.41. The number of piperidine rings is 1. The summed E-state index contributed by atoms with van der Waals surface area (Å²) in [7, 11) is 1.57. The Balaban J connectivity index is 1.74. The maximum atomic E-state index is 12.5. The number of ether oxygens (including phenoxy) is 1. The maximum Gasteiger partial charge on any atom is 0.276 e. The van der Waals surface area contributed by atoms with Crippen molar-refractivity contribution in [2.75, 3.05) is 20.2 Å². The van der Waals surface area contributed by atoms with Crippen LogP contribution in [0, 0.1) is 5.92 Å². The van der Waals surface area contributed by atoms with Crippen molar-refractivity contribution in [2.24, 2.45) is 11.7 Å². The van der Waals surface area contributed by atoms with Crippen LogP contribution >= 0.6 is 0 Å². The van der Waals surface area contributed by atoms with Crippen LogP contribution in [0.5, 0.6) is 5.75 Å². The second-order valence-electron chi connectivity index (χ2n) is 5.75. The number of amides is 2. The van der Waals surface area contributed by atoms with Gasteiger partial charge in [0.15, 0.2) is 11.5 Å². The van der Waals surface area contributed by atoms with E-state index in [2.05, 4.69) is 5.16 Å². The SMILES string of the molecule is COc1ccccc1-c1cc(C(=O)N2CCC(C(N)=O)CC2)no1. The number of carbonyl (C=O) groups excluding carboxylic acids is 2. The molecule has 1 aliphatic heterocycles. The van der Waals surface area contributed by atoms with Crippen LogP contribution in [0.2, 0.25) is 0 Å². The lowest BCUT2D eigenvalue weighted by Gasteiger charge is -2.29. The van der Waals surface area contributed by atoms with Crippen molar-refractivity contribution in [1.82, 2.24) is 10.1 Å². The Morgan fingerprint density at radius 1 is 1.29 bits per heavy atom. The summed E-state index contributed by atoms with van der Waals surface area (Å²) in [5.41, 5.74) is 6.29. The highest BCUT2D eigenvalue weighted by Crippen LogP contribution is 2.30. The highest BCUT2D eigenvalue weighted by atomic mass is 16.5. The second kappa shape index (κ2) is 6.74. The van der Waals surface area contributed by atoms with Crippen molar-refractivity contribution >= 4 is 11.8 Å². The van der Waals surface area contributed by atoms with Gasteiger partial charge in [-0.1, -0.05) is 17.3 Å². The quantitative estimate of drug-likeness (QED) is 0.920. The van der Waals surface area contributed by atoms with E-state index in [9.17, 15) is 9.59 Å². The molecule has 0 aliphatic carbocycles. The van der Waals surface area contributed by atoms with Crippen LogP contribution in [0.4, 0.5) is 0 Å². The number of primary amides is 1. The van der Waals surface area contributed by atoms with Gasteiger partial charge in [-0.2, -0.15) is 0 Å². The Morgan fingerprint density at radius 2 is 2.00 bits per heavy atom. The number of hydrogen-bond donors (Lipinski definition) is 1. The Labute approximate surface area is 139 Å². The minimum atomic E-state index is -0.304. The summed E-state index contributed by atoms with van der Waals surface area (Å²) < 4.78 is 10.6. The molecule has 1 aromatic heterocycles. The molecule has 0 bridgehead atoms. The fraction of sp³-hybridized carbons (Fsp3) is 0.353. The zero-order valence-corrected chi connectivity index (χ0v) is 13.4. The van der Waals surface area contributed by atoms with E-state index in [0.29, 0.717) is 37.4 Å². The summed E-state index contributed by atoms with van der Waals surface area (Å²) in [6, 6.07) is 8.98. The van der Waals surface area contributed by atoms with Crippen molar-refractivity contribution in [2.45, 2.75) is 12.8 Å². The number of benzene rings is 1. The topological polar surface area (TPSA) is 98.7 Å². The fourth-order valence-corrected chi connectivity index (χ4v) is 2.88. The molecule has 126 valence electrons. The van der Waals surface area contributed by atoms with Crippen LogP contribution in [-0.2, 0) is 4.79 Å². The third kappa shape index (κ3) is 3.10. The number of carbonyl (C=O) groups is 2. The van der Waals surface area contributed by atoms with Gasteiger partial charge < -0.3 is 19.9 Å². The summed E-state index contributed by atoms with van der Waals surface area (Å²) >= 11 is 0. The van der Waals surface area contributed by atoms with Gasteiger partial charge in [0.2, 0.25) is 5.91 Å². The minimum Gasteiger partial charge on any atom is -0.496 e. The normalized spacial score (nSPS) is 15.3. The molecule has 2 N–H and O–H groups in total. The molecule has 2 aromatic rings. The van der Waals surface area contributed by atoms with Gasteiger partial charge in [0.1, 0.15) is 5.75 Å². The molecule has 0 spiro atoms. The zero-order valence-electron chi connectivity index (χ0n) is 13.4. The molecule has 7 heteroatoms. The van der Waals surface area contributed by atoms with Crippen molar-refractivity contribution < 1.29 is 18.8 Å². The van der Waals surface area contributed by atoms with Crippen LogP contribution in [0.25, 0.3) is 11.3 Å². The van der Waals surface area contributed by atoms with Gasteiger partial charge in [0.25, 0.3) is 5.91 Å². The van der Waals surface area contributed by atoms with Crippen molar-refractivity contribution in [3.8, 4) is 17.1 Å². The van der Waals surface area contributed by atoms with Crippen LogP contribution in [0.15, 0.2) is 34.9 Å². The van der Waals surface area contributed by atoms with Crippen molar-refractivity contribution in [3.63, 3.8) is 0 Å². The minimum absolute atomic E-state index is 0.157. The van der Waals surface area contributed by atoms with E-state index >= 15 is 0 Å². The van der Waals surface area contributed by atoms with E-state index in [1.807, 2.05) is 24.3 Å². The third-order valence-corrected chi connectivity index (χ3v) is 4.29. The lowest BCUT2D eigenvalue weighted by atomic mass is 9.96. The zero-order chi connectivity index (χ0) is 17.1. The number of para-hydroxylation sites is 1. The lowest BCUT2D eigenvalue weighted by molar-refractivity contribution is -0.123. The Morgan fingerprint density at radius 3 is 2.67 bits per heavy atom. The number of methoxy groups -OCH3 is 1. The number of rotatable bonds is 4. The van der Waals surface area contributed by atoms with Crippen molar-refractivity contribution in [3.05, 3.63) is 36.0 Å². The van der Waals surface area contributed by atoms with Crippen LogP contribution < -0.4 is 10.5 Å². The molecular weight excluding hydrogens is 310 g/mol. The number of likely N-dealkylation sites (tertiary alicyclic amines) is 1. The summed E-state index contributed by atoms with van der Waals surface area (Å²) in [6.07, 6.45) is 1.16. The fourth-order valence-electron chi connectivity index (χ4n) is 2.88. The Hall–Kier alpha value is -2.83. The van der Waals surface area contributed by atoms with E-state index in [1.165, 1.54) is 0 Å². The number of aromatic nitrogens is 1. The van der Waals surface area contributed by atoms with E-state index in [1.54, 1.807) is 18.1 Å². The van der Waals surface area contributed by atoms with E-state index in [0.717, 1.165) is 5.56 Å². The molecule has 0 unspecified atom stereocenters. The van der Waals surface area contributed by atoms with Crippen LogP contribution in [0.3, 0.4) is 0 Å². The number of nitrogens with zero attached hydrogens (tertiary/aromatic N) is 2. The summed E-state index contributed by atoms with van der Waals surface area (Å²) in [5.74, 6) is 0.457. The molecule has 3 rings (SSSR count). The average molecular weight is 329 g/mol. The maximum absolute atomic E-state index is 12.5. The van der Waals surface area contributed by atoms with Crippen LogP contribution in [0.1, 0.15) is 23.3 Å². The smallest absolute Gasteiger partial charge is 0.276 e. The first-order valence-corrected chi connectivity index (χ1v) is 7.79. The van der Waals surface area contributed by atoms with Gasteiger partial charge in [0.05, 0.1) is 12.7 Å². The average Bonchev–Trinajstić information content (AvgIpc) is 3.11. The molecule has 0 radical (unpaired) electrons. The monoisotopic (exact) mass is 329 g/mol. The van der Waals surface area contributed by atoms with Gasteiger partial charge >= 0.3 is 0 Å². The largest absolute Gasteiger partial charge is 0.496 e. The van der Waals surface area contributed by atoms with Gasteiger partial charge in [-0.05, 0) is 25.0 Å². The summed E-state index contributed by atoms with van der Waals surface area (Å²) in [5, 5.41) is 3.88. The molecule has 7 nitrogen and oxygen atoms in total. The van der Waals surface area contributed by atoms with E-state index < -0.39 is 0 Å². The molecule has 2 heterocycles. The molecule has 1 aromatic carbocycles. The molecular formula is C17H19N3O4. The predicted molar refractivity (Wildman–Crippen MR) is 86.3 cm³/mol. The summed E-state index contributed by atoms with van der Waals surface area (Å²) in [6.45, 7) is 0.979. The van der Waals surface area contributed by atoms with Gasteiger partial charge in [-0.25, -0.2) is 0 Å². The highest BCUT2D eigenvalue weighted by Gasteiger charge is 2.28. The Bertz CT molecular complexity index is 748. The molecule has 0 saturated carbocycles. The third-order valence-electron chi connectivity index (χ3n) is 4.29. The molecule has 24 heavy (non-hydrogen) atoms. The van der Waals surface area contributed by atoms with Gasteiger partial charge in [-0.3, -0.25) is 9.59 Å². The number of hydrogen-bond acceptors (Lipinski definition) is 5. The molecule has 2 amide bonds.